The molecule has 0 aliphatic carbocycles. The van der Waals surface area contributed by atoms with Crippen LogP contribution in [0.1, 0.15) is 96.1 Å². The van der Waals surface area contributed by atoms with Crippen molar-refractivity contribution in [1.29, 1.82) is 0 Å². The molecule has 132 valence electrons. The Hall–Kier alpha value is -0.980. The fraction of sp³-hybridized carbons (Fsp3) is 0.727. The van der Waals surface area contributed by atoms with Crippen molar-refractivity contribution in [1.82, 2.24) is 0 Å². The Kier molecular flexibility index (Phi) is 10.9. The summed E-state index contributed by atoms with van der Waals surface area (Å²) in [5.41, 5.74) is 2.26. The first-order valence-electron chi connectivity index (χ1n) is 9.94. The quantitative estimate of drug-likeness (QED) is 0.386. The van der Waals surface area contributed by atoms with Crippen molar-refractivity contribution >= 4 is 0 Å². The van der Waals surface area contributed by atoms with Gasteiger partial charge in [-0.15, -0.1) is 0 Å². The van der Waals surface area contributed by atoms with Gasteiger partial charge in [-0.3, -0.25) is 0 Å². The Morgan fingerprint density at radius 2 is 1.30 bits per heavy atom. The SMILES string of the molecule is CCCCCCCCCCCCc1cccc(CC(C)C)c1O. The third-order valence-electron chi connectivity index (χ3n) is 4.63. The van der Waals surface area contributed by atoms with Gasteiger partial charge in [-0.25, -0.2) is 0 Å². The highest BCUT2D eigenvalue weighted by atomic mass is 16.3. The van der Waals surface area contributed by atoms with E-state index in [4.69, 9.17) is 0 Å². The molecule has 0 saturated carbocycles. The molecule has 1 aromatic carbocycles. The number of rotatable bonds is 13. The number of phenols is 1. The maximum absolute atomic E-state index is 10.4. The average molecular weight is 319 g/mol. The first kappa shape index (κ1) is 20.1. The molecule has 1 N–H and O–H groups in total. The van der Waals surface area contributed by atoms with Gasteiger partial charge in [0.1, 0.15) is 5.75 Å². The molecule has 0 fully saturated rings. The molecular formula is C22H38O. The molecule has 0 aromatic heterocycles. The van der Waals surface area contributed by atoms with Crippen molar-refractivity contribution in [3.05, 3.63) is 29.3 Å². The van der Waals surface area contributed by atoms with E-state index in [1.807, 2.05) is 0 Å². The van der Waals surface area contributed by atoms with Crippen LogP contribution < -0.4 is 0 Å². The normalized spacial score (nSPS) is 11.3. The van der Waals surface area contributed by atoms with Crippen LogP contribution in [0.25, 0.3) is 0 Å². The molecule has 0 radical (unpaired) electrons. The molecule has 1 heteroatoms. The van der Waals surface area contributed by atoms with Gasteiger partial charge in [0.2, 0.25) is 0 Å². The van der Waals surface area contributed by atoms with Crippen molar-refractivity contribution in [2.45, 2.75) is 97.8 Å². The molecule has 0 heterocycles. The van der Waals surface area contributed by atoms with Crippen LogP contribution in [-0.2, 0) is 12.8 Å². The smallest absolute Gasteiger partial charge is 0.121 e. The lowest BCUT2D eigenvalue weighted by Crippen LogP contribution is -1.97. The van der Waals surface area contributed by atoms with Crippen LogP contribution in [0.2, 0.25) is 0 Å². The minimum Gasteiger partial charge on any atom is -0.507 e. The number of para-hydroxylation sites is 1. The summed E-state index contributed by atoms with van der Waals surface area (Å²) in [5.74, 6) is 1.14. The molecule has 0 bridgehead atoms. The lowest BCUT2D eigenvalue weighted by Gasteiger charge is -2.11. The average Bonchev–Trinajstić information content (AvgIpc) is 2.52. The second kappa shape index (κ2) is 12.4. The van der Waals surface area contributed by atoms with Crippen LogP contribution in [0.3, 0.4) is 0 Å². The van der Waals surface area contributed by atoms with Crippen LogP contribution in [0.4, 0.5) is 0 Å². The molecule has 0 unspecified atom stereocenters. The van der Waals surface area contributed by atoms with Gasteiger partial charge in [0.25, 0.3) is 0 Å². The Labute approximate surface area is 144 Å². The van der Waals surface area contributed by atoms with Crippen molar-refractivity contribution < 1.29 is 5.11 Å². The maximum atomic E-state index is 10.4. The lowest BCUT2D eigenvalue weighted by molar-refractivity contribution is 0.453. The van der Waals surface area contributed by atoms with Gasteiger partial charge in [0.15, 0.2) is 0 Å². The third-order valence-corrected chi connectivity index (χ3v) is 4.63. The molecule has 1 nitrogen and oxygen atoms in total. The summed E-state index contributed by atoms with van der Waals surface area (Å²) in [6, 6.07) is 6.26. The van der Waals surface area contributed by atoms with E-state index in [1.165, 1.54) is 64.2 Å². The van der Waals surface area contributed by atoms with Crippen molar-refractivity contribution in [2.75, 3.05) is 0 Å². The molecule has 0 spiro atoms. The van der Waals surface area contributed by atoms with E-state index in [0.717, 1.165) is 24.0 Å². The summed E-state index contributed by atoms with van der Waals surface area (Å²) >= 11 is 0. The molecule has 1 rings (SSSR count). The van der Waals surface area contributed by atoms with Gasteiger partial charge in [-0.1, -0.05) is 96.8 Å². The predicted octanol–water partition coefficient (Wildman–Crippen LogP) is 7.05. The molecule has 23 heavy (non-hydrogen) atoms. The number of unbranched alkanes of at least 4 members (excludes halogenated alkanes) is 9. The van der Waals surface area contributed by atoms with E-state index in [1.54, 1.807) is 0 Å². The Morgan fingerprint density at radius 3 is 1.87 bits per heavy atom. The molecule has 0 saturated heterocycles. The first-order chi connectivity index (χ1) is 11.1. The van der Waals surface area contributed by atoms with E-state index in [2.05, 4.69) is 39.0 Å². The Morgan fingerprint density at radius 1 is 0.783 bits per heavy atom. The van der Waals surface area contributed by atoms with Gasteiger partial charge in [-0.2, -0.15) is 0 Å². The van der Waals surface area contributed by atoms with Gasteiger partial charge < -0.3 is 5.11 Å². The predicted molar refractivity (Wildman–Crippen MR) is 102 cm³/mol. The largest absolute Gasteiger partial charge is 0.507 e. The van der Waals surface area contributed by atoms with Crippen LogP contribution in [0.15, 0.2) is 18.2 Å². The fourth-order valence-corrected chi connectivity index (χ4v) is 3.25. The molecule has 0 amide bonds. The highest BCUT2D eigenvalue weighted by Gasteiger charge is 2.08. The molecule has 1 aromatic rings. The van der Waals surface area contributed by atoms with Crippen molar-refractivity contribution in [2.24, 2.45) is 5.92 Å². The van der Waals surface area contributed by atoms with Gasteiger partial charge >= 0.3 is 0 Å². The first-order valence-corrected chi connectivity index (χ1v) is 9.94. The van der Waals surface area contributed by atoms with E-state index < -0.39 is 0 Å². The summed E-state index contributed by atoms with van der Waals surface area (Å²) in [6.45, 7) is 6.68. The minimum absolute atomic E-state index is 0.553. The molecule has 0 atom stereocenters. The number of hydrogen-bond donors (Lipinski definition) is 1. The van der Waals surface area contributed by atoms with E-state index in [0.29, 0.717) is 11.7 Å². The molecule has 0 aliphatic heterocycles. The van der Waals surface area contributed by atoms with Crippen LogP contribution in [0.5, 0.6) is 5.75 Å². The summed E-state index contributed by atoms with van der Waals surface area (Å²) in [4.78, 5) is 0. The van der Waals surface area contributed by atoms with Gasteiger partial charge in [0.05, 0.1) is 0 Å². The second-order valence-corrected chi connectivity index (χ2v) is 7.45. The zero-order chi connectivity index (χ0) is 16.9. The Bertz CT molecular complexity index is 408. The maximum Gasteiger partial charge on any atom is 0.121 e. The van der Waals surface area contributed by atoms with Crippen molar-refractivity contribution in [3.63, 3.8) is 0 Å². The summed E-state index contributed by atoms with van der Waals surface area (Å²) < 4.78 is 0. The highest BCUT2D eigenvalue weighted by molar-refractivity contribution is 5.40. The number of aryl methyl sites for hydroxylation is 1. The number of hydrogen-bond acceptors (Lipinski definition) is 1. The standard InChI is InChI=1S/C22H38O/c1-4-5-6-7-8-9-10-11-12-13-15-20-16-14-17-21(22(20)23)18-19(2)3/h14,16-17,19,23H,4-13,15,18H2,1-3H3. The Balaban J connectivity index is 2.14. The van der Waals surface area contributed by atoms with E-state index in [9.17, 15) is 5.11 Å². The van der Waals surface area contributed by atoms with Crippen LogP contribution in [-0.4, -0.2) is 5.11 Å². The fourth-order valence-electron chi connectivity index (χ4n) is 3.25. The second-order valence-electron chi connectivity index (χ2n) is 7.45. The third kappa shape index (κ3) is 9.03. The van der Waals surface area contributed by atoms with E-state index in [-0.39, 0.29) is 0 Å². The van der Waals surface area contributed by atoms with Crippen molar-refractivity contribution in [3.8, 4) is 5.75 Å². The highest BCUT2D eigenvalue weighted by Crippen LogP contribution is 2.26. The zero-order valence-corrected chi connectivity index (χ0v) is 15.7. The summed E-state index contributed by atoms with van der Waals surface area (Å²) in [7, 11) is 0. The van der Waals surface area contributed by atoms with Gasteiger partial charge in [0, 0.05) is 0 Å². The number of benzene rings is 1. The number of aromatic hydroxyl groups is 1. The van der Waals surface area contributed by atoms with Crippen LogP contribution in [0, 0.1) is 5.92 Å². The summed E-state index contributed by atoms with van der Waals surface area (Å²) in [5, 5.41) is 10.4. The lowest BCUT2D eigenvalue weighted by atomic mass is 9.97. The molecule has 0 aliphatic rings. The number of phenolic OH excluding ortho intramolecular Hbond substituents is 1. The topological polar surface area (TPSA) is 20.2 Å². The van der Waals surface area contributed by atoms with Gasteiger partial charge in [-0.05, 0) is 36.3 Å². The van der Waals surface area contributed by atoms with Crippen LogP contribution >= 0.6 is 0 Å². The zero-order valence-electron chi connectivity index (χ0n) is 15.7. The summed E-state index contributed by atoms with van der Waals surface area (Å²) in [6.07, 6.45) is 15.6. The monoisotopic (exact) mass is 318 g/mol. The minimum atomic E-state index is 0.553. The molecular weight excluding hydrogens is 280 g/mol. The van der Waals surface area contributed by atoms with E-state index >= 15 is 0 Å².